The lowest BCUT2D eigenvalue weighted by molar-refractivity contribution is 0.435. The van der Waals surface area contributed by atoms with E-state index in [4.69, 9.17) is 0 Å². The van der Waals surface area contributed by atoms with Crippen LogP contribution in [0.4, 0.5) is 0 Å². The first-order valence-electron chi connectivity index (χ1n) is 7.76. The molecule has 0 bridgehead atoms. The SMILES string of the molecule is Cc1ccc(C)c(C(C)NCC(C)(C)c2ccccc2)c1. The van der Waals surface area contributed by atoms with Crippen molar-refractivity contribution in [1.82, 2.24) is 5.32 Å². The first kappa shape index (κ1) is 15.8. The van der Waals surface area contributed by atoms with Gasteiger partial charge in [-0.2, -0.15) is 0 Å². The average Bonchev–Trinajstić information content (AvgIpc) is 2.48. The van der Waals surface area contributed by atoms with Crippen molar-refractivity contribution in [2.24, 2.45) is 0 Å². The van der Waals surface area contributed by atoms with E-state index < -0.39 is 0 Å². The molecule has 0 fully saturated rings. The first-order chi connectivity index (χ1) is 9.90. The fourth-order valence-corrected chi connectivity index (χ4v) is 2.74. The van der Waals surface area contributed by atoms with Crippen LogP contribution in [-0.4, -0.2) is 6.54 Å². The Morgan fingerprint density at radius 2 is 1.67 bits per heavy atom. The largest absolute Gasteiger partial charge is 0.309 e. The van der Waals surface area contributed by atoms with Gasteiger partial charge in [-0.05, 0) is 37.5 Å². The van der Waals surface area contributed by atoms with Gasteiger partial charge in [0.2, 0.25) is 0 Å². The predicted molar refractivity (Wildman–Crippen MR) is 91.8 cm³/mol. The molecule has 0 spiro atoms. The molecule has 0 saturated heterocycles. The Balaban J connectivity index is 2.07. The van der Waals surface area contributed by atoms with E-state index in [1.165, 1.54) is 22.3 Å². The standard InChI is InChI=1S/C20H27N/c1-15-11-12-16(2)19(13-15)17(3)21-14-20(4,5)18-9-7-6-8-10-18/h6-13,17,21H,14H2,1-5H3. The van der Waals surface area contributed by atoms with Crippen LogP contribution in [0.15, 0.2) is 48.5 Å². The first-order valence-corrected chi connectivity index (χ1v) is 7.76. The molecule has 2 aromatic carbocycles. The summed E-state index contributed by atoms with van der Waals surface area (Å²) in [6, 6.07) is 17.8. The molecule has 0 radical (unpaired) electrons. The van der Waals surface area contributed by atoms with Gasteiger partial charge < -0.3 is 5.32 Å². The summed E-state index contributed by atoms with van der Waals surface area (Å²) in [7, 11) is 0. The van der Waals surface area contributed by atoms with Gasteiger partial charge in [0.15, 0.2) is 0 Å². The van der Waals surface area contributed by atoms with Crippen molar-refractivity contribution in [3.05, 3.63) is 70.8 Å². The van der Waals surface area contributed by atoms with Gasteiger partial charge in [-0.25, -0.2) is 0 Å². The second kappa shape index (κ2) is 6.44. The third-order valence-electron chi connectivity index (χ3n) is 4.31. The summed E-state index contributed by atoms with van der Waals surface area (Å²) >= 11 is 0. The van der Waals surface area contributed by atoms with E-state index >= 15 is 0 Å². The van der Waals surface area contributed by atoms with Crippen molar-refractivity contribution < 1.29 is 0 Å². The van der Waals surface area contributed by atoms with Crippen molar-refractivity contribution in [3.63, 3.8) is 0 Å². The minimum atomic E-state index is 0.132. The van der Waals surface area contributed by atoms with Gasteiger partial charge in [0.1, 0.15) is 0 Å². The zero-order valence-corrected chi connectivity index (χ0v) is 13.9. The molecule has 0 heterocycles. The maximum Gasteiger partial charge on any atom is 0.0294 e. The van der Waals surface area contributed by atoms with Crippen LogP contribution < -0.4 is 5.32 Å². The molecule has 1 N–H and O–H groups in total. The highest BCUT2D eigenvalue weighted by molar-refractivity contribution is 5.33. The van der Waals surface area contributed by atoms with Crippen LogP contribution in [0, 0.1) is 13.8 Å². The van der Waals surface area contributed by atoms with Gasteiger partial charge in [0.05, 0.1) is 0 Å². The highest BCUT2D eigenvalue weighted by Gasteiger charge is 2.21. The summed E-state index contributed by atoms with van der Waals surface area (Å²) in [5.74, 6) is 0. The highest BCUT2D eigenvalue weighted by Crippen LogP contribution is 2.24. The molecular weight excluding hydrogens is 254 g/mol. The van der Waals surface area contributed by atoms with Crippen LogP contribution in [0.2, 0.25) is 0 Å². The van der Waals surface area contributed by atoms with E-state index in [-0.39, 0.29) is 5.41 Å². The molecule has 21 heavy (non-hydrogen) atoms. The second-order valence-electron chi connectivity index (χ2n) is 6.71. The fourth-order valence-electron chi connectivity index (χ4n) is 2.74. The average molecular weight is 281 g/mol. The van der Waals surface area contributed by atoms with Gasteiger partial charge in [-0.15, -0.1) is 0 Å². The van der Waals surface area contributed by atoms with Crippen LogP contribution in [-0.2, 0) is 5.41 Å². The summed E-state index contributed by atoms with van der Waals surface area (Å²) in [6.07, 6.45) is 0. The normalized spacial score (nSPS) is 13.2. The minimum Gasteiger partial charge on any atom is -0.309 e. The third kappa shape index (κ3) is 3.95. The molecule has 0 aliphatic rings. The third-order valence-corrected chi connectivity index (χ3v) is 4.31. The molecule has 112 valence electrons. The number of hydrogen-bond acceptors (Lipinski definition) is 1. The zero-order chi connectivity index (χ0) is 15.5. The summed E-state index contributed by atoms with van der Waals surface area (Å²) in [5, 5.41) is 3.71. The Hall–Kier alpha value is -1.60. The van der Waals surface area contributed by atoms with Crippen LogP contribution in [0.5, 0.6) is 0 Å². The lowest BCUT2D eigenvalue weighted by atomic mass is 9.84. The number of nitrogens with one attached hydrogen (secondary N) is 1. The summed E-state index contributed by atoms with van der Waals surface area (Å²) < 4.78 is 0. The lowest BCUT2D eigenvalue weighted by Gasteiger charge is -2.28. The predicted octanol–water partition coefficient (Wildman–Crippen LogP) is 4.93. The fraction of sp³-hybridized carbons (Fsp3) is 0.400. The lowest BCUT2D eigenvalue weighted by Crippen LogP contribution is -2.34. The number of hydrogen-bond donors (Lipinski definition) is 1. The highest BCUT2D eigenvalue weighted by atomic mass is 14.9. The Morgan fingerprint density at radius 3 is 2.33 bits per heavy atom. The maximum absolute atomic E-state index is 3.71. The molecule has 0 aromatic heterocycles. The summed E-state index contributed by atoms with van der Waals surface area (Å²) in [5.41, 5.74) is 5.60. The molecule has 1 unspecified atom stereocenters. The van der Waals surface area contributed by atoms with E-state index in [9.17, 15) is 0 Å². The molecule has 1 nitrogen and oxygen atoms in total. The number of benzene rings is 2. The van der Waals surface area contributed by atoms with E-state index in [0.717, 1.165) is 6.54 Å². The smallest absolute Gasteiger partial charge is 0.0294 e. The van der Waals surface area contributed by atoms with E-state index in [1.54, 1.807) is 0 Å². The molecule has 0 saturated carbocycles. The molecule has 0 aliphatic carbocycles. The molecule has 1 atom stereocenters. The molecule has 1 heteroatoms. The maximum atomic E-state index is 3.71. The Kier molecular flexibility index (Phi) is 4.84. The van der Waals surface area contributed by atoms with Crippen molar-refractivity contribution in [2.45, 2.75) is 46.1 Å². The Bertz CT molecular complexity index is 584. The second-order valence-corrected chi connectivity index (χ2v) is 6.71. The molecule has 2 rings (SSSR count). The van der Waals surface area contributed by atoms with Gasteiger partial charge in [-0.1, -0.05) is 67.9 Å². The van der Waals surface area contributed by atoms with Crippen molar-refractivity contribution >= 4 is 0 Å². The van der Waals surface area contributed by atoms with E-state index in [0.29, 0.717) is 6.04 Å². The molecular formula is C20H27N. The van der Waals surface area contributed by atoms with E-state index in [2.05, 4.69) is 88.5 Å². The van der Waals surface area contributed by atoms with Gasteiger partial charge in [-0.3, -0.25) is 0 Å². The van der Waals surface area contributed by atoms with Crippen LogP contribution in [0.25, 0.3) is 0 Å². The van der Waals surface area contributed by atoms with Gasteiger partial charge in [0.25, 0.3) is 0 Å². The van der Waals surface area contributed by atoms with Crippen molar-refractivity contribution in [3.8, 4) is 0 Å². The minimum absolute atomic E-state index is 0.132. The quantitative estimate of drug-likeness (QED) is 0.819. The summed E-state index contributed by atoms with van der Waals surface area (Å²) in [6.45, 7) is 12.2. The van der Waals surface area contributed by atoms with Gasteiger partial charge in [0, 0.05) is 18.0 Å². The van der Waals surface area contributed by atoms with Crippen LogP contribution in [0.1, 0.15) is 49.1 Å². The Labute approximate surface area is 129 Å². The topological polar surface area (TPSA) is 12.0 Å². The number of rotatable bonds is 5. The van der Waals surface area contributed by atoms with Crippen molar-refractivity contribution in [1.29, 1.82) is 0 Å². The Morgan fingerprint density at radius 1 is 1.00 bits per heavy atom. The number of aryl methyl sites for hydroxylation is 2. The monoisotopic (exact) mass is 281 g/mol. The van der Waals surface area contributed by atoms with Crippen molar-refractivity contribution in [2.75, 3.05) is 6.54 Å². The zero-order valence-electron chi connectivity index (χ0n) is 13.9. The van der Waals surface area contributed by atoms with Crippen LogP contribution in [0.3, 0.4) is 0 Å². The van der Waals surface area contributed by atoms with Gasteiger partial charge >= 0.3 is 0 Å². The van der Waals surface area contributed by atoms with Crippen LogP contribution >= 0.6 is 0 Å². The summed E-state index contributed by atoms with van der Waals surface area (Å²) in [4.78, 5) is 0. The molecule has 0 amide bonds. The molecule has 2 aromatic rings. The van der Waals surface area contributed by atoms with E-state index in [1.807, 2.05) is 0 Å². The molecule has 0 aliphatic heterocycles.